The second-order valence-electron chi connectivity index (χ2n) is 4.55. The number of hydrogen-bond donors (Lipinski definition) is 1. The zero-order chi connectivity index (χ0) is 13.8. The molecule has 2 rings (SSSR count). The van der Waals surface area contributed by atoms with E-state index in [2.05, 4.69) is 0 Å². The van der Waals surface area contributed by atoms with Crippen molar-refractivity contribution >= 4 is 30.0 Å². The van der Waals surface area contributed by atoms with Crippen molar-refractivity contribution in [2.45, 2.75) is 12.5 Å². The molecule has 0 saturated heterocycles. The summed E-state index contributed by atoms with van der Waals surface area (Å²) in [5.41, 5.74) is 0. The molecule has 1 aliphatic heterocycles. The molecule has 7 heteroatoms. The van der Waals surface area contributed by atoms with E-state index >= 15 is 0 Å². The number of ether oxygens (including phenoxy) is 2. The maximum absolute atomic E-state index is 10.5. The minimum atomic E-state index is -0.798. The average Bonchev–Trinajstić information content (AvgIpc) is 2.36. The van der Waals surface area contributed by atoms with E-state index in [4.69, 9.17) is 26.2 Å². The van der Waals surface area contributed by atoms with E-state index in [0.29, 0.717) is 36.2 Å². The van der Waals surface area contributed by atoms with Crippen LogP contribution in [0.4, 0.5) is 0 Å². The molecule has 1 heterocycles. The van der Waals surface area contributed by atoms with Gasteiger partial charge in [-0.15, -0.1) is 12.4 Å². The Morgan fingerprint density at radius 2 is 2.25 bits per heavy atom. The molecule has 1 N–H and O–H groups in total. The number of carboxylic acids is 1. The Labute approximate surface area is 128 Å². The van der Waals surface area contributed by atoms with Crippen molar-refractivity contribution in [3.05, 3.63) is 23.2 Å². The fourth-order valence-corrected chi connectivity index (χ4v) is 2.07. The van der Waals surface area contributed by atoms with Gasteiger partial charge >= 0.3 is 5.97 Å². The second kappa shape index (κ2) is 7.57. The molecule has 1 atom stereocenters. The van der Waals surface area contributed by atoms with Gasteiger partial charge < -0.3 is 19.5 Å². The molecular weight excluding hydrogens is 305 g/mol. The normalized spacial score (nSPS) is 16.6. The predicted molar refractivity (Wildman–Crippen MR) is 78.4 cm³/mol. The monoisotopic (exact) mass is 321 g/mol. The maximum atomic E-state index is 10.5. The summed E-state index contributed by atoms with van der Waals surface area (Å²) >= 11 is 5.87. The molecule has 0 aliphatic carbocycles. The van der Waals surface area contributed by atoms with Gasteiger partial charge in [-0.05, 0) is 19.2 Å². The summed E-state index contributed by atoms with van der Waals surface area (Å²) < 4.78 is 11.4. The molecule has 112 valence electrons. The van der Waals surface area contributed by atoms with E-state index in [9.17, 15) is 4.79 Å². The van der Waals surface area contributed by atoms with Gasteiger partial charge in [0.15, 0.2) is 11.5 Å². The SMILES string of the molecule is CN(CCC(=O)O)CC1COc2cc(Cl)ccc2O1.Cl. The topological polar surface area (TPSA) is 59.0 Å². The molecule has 0 bridgehead atoms. The zero-order valence-electron chi connectivity index (χ0n) is 11.0. The number of hydrogen-bond acceptors (Lipinski definition) is 4. The van der Waals surface area contributed by atoms with E-state index in [1.54, 1.807) is 18.2 Å². The van der Waals surface area contributed by atoms with Crippen molar-refractivity contribution in [2.24, 2.45) is 0 Å². The first kappa shape index (κ1) is 16.9. The first-order valence-electron chi connectivity index (χ1n) is 6.04. The first-order chi connectivity index (χ1) is 9.04. The number of halogens is 2. The van der Waals surface area contributed by atoms with Gasteiger partial charge in [-0.1, -0.05) is 11.6 Å². The average molecular weight is 322 g/mol. The van der Waals surface area contributed by atoms with Crippen molar-refractivity contribution < 1.29 is 19.4 Å². The van der Waals surface area contributed by atoms with Gasteiger partial charge in [0.1, 0.15) is 12.7 Å². The molecule has 1 aliphatic rings. The molecule has 5 nitrogen and oxygen atoms in total. The number of likely N-dealkylation sites (N-methyl/N-ethyl adjacent to an activating group) is 1. The number of carbonyl (C=O) groups is 1. The molecule has 0 spiro atoms. The number of aliphatic carboxylic acids is 1. The Morgan fingerprint density at radius 1 is 1.50 bits per heavy atom. The van der Waals surface area contributed by atoms with Crippen LogP contribution in [0.2, 0.25) is 5.02 Å². The van der Waals surface area contributed by atoms with Crippen molar-refractivity contribution in [3.63, 3.8) is 0 Å². The molecule has 1 unspecified atom stereocenters. The molecule has 0 aromatic heterocycles. The lowest BCUT2D eigenvalue weighted by molar-refractivity contribution is -0.137. The third-order valence-corrected chi connectivity index (χ3v) is 3.08. The Balaban J connectivity index is 0.00000200. The van der Waals surface area contributed by atoms with Crippen LogP contribution in [-0.2, 0) is 4.79 Å². The molecule has 0 radical (unpaired) electrons. The third-order valence-electron chi connectivity index (χ3n) is 2.85. The van der Waals surface area contributed by atoms with Crippen LogP contribution >= 0.6 is 24.0 Å². The summed E-state index contributed by atoms with van der Waals surface area (Å²) in [6, 6.07) is 5.25. The smallest absolute Gasteiger partial charge is 0.304 e. The molecule has 0 fully saturated rings. The summed E-state index contributed by atoms with van der Waals surface area (Å²) in [6.45, 7) is 1.54. The van der Waals surface area contributed by atoms with E-state index in [-0.39, 0.29) is 24.9 Å². The van der Waals surface area contributed by atoms with Gasteiger partial charge in [0.25, 0.3) is 0 Å². The third kappa shape index (κ3) is 4.74. The second-order valence-corrected chi connectivity index (χ2v) is 4.98. The van der Waals surface area contributed by atoms with E-state index in [0.717, 1.165) is 0 Å². The molecular formula is C13H17Cl2NO4. The highest BCUT2D eigenvalue weighted by Crippen LogP contribution is 2.34. The fourth-order valence-electron chi connectivity index (χ4n) is 1.90. The van der Waals surface area contributed by atoms with E-state index in [1.807, 2.05) is 11.9 Å². The van der Waals surface area contributed by atoms with Crippen LogP contribution in [0, 0.1) is 0 Å². The van der Waals surface area contributed by atoms with Crippen LogP contribution < -0.4 is 9.47 Å². The summed E-state index contributed by atoms with van der Waals surface area (Å²) in [4.78, 5) is 12.4. The standard InChI is InChI=1S/C13H16ClNO4.ClH/c1-15(5-4-13(16)17)7-10-8-18-12-6-9(14)2-3-11(12)19-10;/h2-3,6,10H,4-5,7-8H2,1H3,(H,16,17);1H. The van der Waals surface area contributed by atoms with Crippen LogP contribution in [0.5, 0.6) is 11.5 Å². The van der Waals surface area contributed by atoms with Crippen molar-refractivity contribution in [2.75, 3.05) is 26.7 Å². The van der Waals surface area contributed by atoms with Gasteiger partial charge in [0.2, 0.25) is 0 Å². The molecule has 0 saturated carbocycles. The minimum Gasteiger partial charge on any atom is -0.486 e. The van der Waals surface area contributed by atoms with Crippen LogP contribution in [-0.4, -0.2) is 48.8 Å². The maximum Gasteiger partial charge on any atom is 0.304 e. The zero-order valence-corrected chi connectivity index (χ0v) is 12.6. The highest BCUT2D eigenvalue weighted by Gasteiger charge is 2.22. The quantitative estimate of drug-likeness (QED) is 0.901. The Morgan fingerprint density at radius 3 is 2.95 bits per heavy atom. The number of carboxylic acid groups (broad SMARTS) is 1. The molecule has 20 heavy (non-hydrogen) atoms. The van der Waals surface area contributed by atoms with Crippen LogP contribution in [0.3, 0.4) is 0 Å². The Kier molecular flexibility index (Phi) is 6.39. The van der Waals surface area contributed by atoms with Crippen LogP contribution in [0.25, 0.3) is 0 Å². The minimum absolute atomic E-state index is 0. The highest BCUT2D eigenvalue weighted by atomic mass is 35.5. The summed E-state index contributed by atoms with van der Waals surface area (Å²) in [6.07, 6.45) is 0.0171. The van der Waals surface area contributed by atoms with Crippen molar-refractivity contribution in [1.29, 1.82) is 0 Å². The fraction of sp³-hybridized carbons (Fsp3) is 0.462. The lowest BCUT2D eigenvalue weighted by Gasteiger charge is -2.29. The van der Waals surface area contributed by atoms with Gasteiger partial charge in [-0.2, -0.15) is 0 Å². The first-order valence-corrected chi connectivity index (χ1v) is 6.42. The summed E-state index contributed by atoms with van der Waals surface area (Å²) in [5.74, 6) is 0.525. The van der Waals surface area contributed by atoms with Gasteiger partial charge in [0, 0.05) is 24.2 Å². The predicted octanol–water partition coefficient (Wildman–Crippen LogP) is 2.31. The lowest BCUT2D eigenvalue weighted by Crippen LogP contribution is -2.40. The van der Waals surface area contributed by atoms with E-state index < -0.39 is 5.97 Å². The number of benzene rings is 1. The molecule has 0 amide bonds. The lowest BCUT2D eigenvalue weighted by atomic mass is 10.2. The van der Waals surface area contributed by atoms with Crippen molar-refractivity contribution in [3.8, 4) is 11.5 Å². The highest BCUT2D eigenvalue weighted by molar-refractivity contribution is 6.30. The summed E-state index contributed by atoms with van der Waals surface area (Å²) in [5, 5.41) is 9.24. The molecule has 1 aromatic carbocycles. The number of fused-ring (bicyclic) bond motifs is 1. The summed E-state index contributed by atoms with van der Waals surface area (Å²) in [7, 11) is 1.86. The van der Waals surface area contributed by atoms with Gasteiger partial charge in [-0.25, -0.2) is 0 Å². The largest absolute Gasteiger partial charge is 0.486 e. The van der Waals surface area contributed by atoms with E-state index in [1.165, 1.54) is 0 Å². The van der Waals surface area contributed by atoms with Crippen LogP contribution in [0.15, 0.2) is 18.2 Å². The number of nitrogens with zero attached hydrogens (tertiary/aromatic N) is 1. The van der Waals surface area contributed by atoms with Gasteiger partial charge in [-0.3, -0.25) is 4.79 Å². The van der Waals surface area contributed by atoms with Crippen LogP contribution in [0.1, 0.15) is 6.42 Å². The molecule has 1 aromatic rings. The Bertz CT molecular complexity index is 470. The number of rotatable bonds is 5. The van der Waals surface area contributed by atoms with Gasteiger partial charge in [0.05, 0.1) is 6.42 Å². The Hall–Kier alpha value is -1.17. The van der Waals surface area contributed by atoms with Crippen molar-refractivity contribution in [1.82, 2.24) is 4.90 Å².